The molecule has 0 aromatic heterocycles. The normalized spacial score (nSPS) is 19.6. The summed E-state index contributed by atoms with van der Waals surface area (Å²) in [4.78, 5) is 40.9. The highest BCUT2D eigenvalue weighted by atomic mass is 35.5. The molecule has 2 aliphatic rings. The third-order valence-electron chi connectivity index (χ3n) is 5.83. The average molecular weight is 515 g/mol. The summed E-state index contributed by atoms with van der Waals surface area (Å²) in [5, 5.41) is 5.79. The first-order valence-electron chi connectivity index (χ1n) is 11.2. The molecule has 2 atom stereocenters. The Morgan fingerprint density at radius 3 is 2.69 bits per heavy atom. The van der Waals surface area contributed by atoms with E-state index in [9.17, 15) is 18.8 Å². The summed E-state index contributed by atoms with van der Waals surface area (Å²) in [6, 6.07) is 9.16. The Labute approximate surface area is 212 Å². The summed E-state index contributed by atoms with van der Waals surface area (Å²) in [5.41, 5.74) is 0.790. The SMILES string of the molecule is C#CCO[C@H]1C[C@H](C(=O)Nc2ccc(N3CCOCC3=O)cc2F)N(C(=O)Nc2ccc(Cl)cc2)C1. The topological polar surface area (TPSA) is 100 Å². The quantitative estimate of drug-likeness (QED) is 0.577. The van der Waals surface area contributed by atoms with Crippen molar-refractivity contribution >= 4 is 46.5 Å². The van der Waals surface area contributed by atoms with Gasteiger partial charge in [-0.2, -0.15) is 0 Å². The molecule has 11 heteroatoms. The smallest absolute Gasteiger partial charge is 0.322 e. The van der Waals surface area contributed by atoms with Crippen LogP contribution in [0.1, 0.15) is 6.42 Å². The van der Waals surface area contributed by atoms with Gasteiger partial charge in [-0.3, -0.25) is 9.59 Å². The van der Waals surface area contributed by atoms with Crippen molar-refractivity contribution in [2.24, 2.45) is 0 Å². The summed E-state index contributed by atoms with van der Waals surface area (Å²) < 4.78 is 25.5. The van der Waals surface area contributed by atoms with Gasteiger partial charge in [0.25, 0.3) is 5.91 Å². The van der Waals surface area contributed by atoms with Crippen molar-refractivity contribution in [2.45, 2.75) is 18.6 Å². The molecule has 0 spiro atoms. The van der Waals surface area contributed by atoms with E-state index < -0.39 is 29.9 Å². The molecule has 0 aliphatic carbocycles. The maximum absolute atomic E-state index is 14.9. The van der Waals surface area contributed by atoms with Gasteiger partial charge in [-0.25, -0.2) is 9.18 Å². The number of morpholine rings is 1. The van der Waals surface area contributed by atoms with Gasteiger partial charge in [0.15, 0.2) is 0 Å². The molecular weight excluding hydrogens is 491 g/mol. The van der Waals surface area contributed by atoms with E-state index >= 15 is 0 Å². The monoisotopic (exact) mass is 514 g/mol. The molecule has 188 valence electrons. The summed E-state index contributed by atoms with van der Waals surface area (Å²) in [6.07, 6.45) is 4.99. The van der Waals surface area contributed by atoms with Gasteiger partial charge in [0, 0.05) is 35.9 Å². The second-order valence-corrected chi connectivity index (χ2v) is 8.67. The number of anilines is 3. The number of carbonyl (C=O) groups is 3. The molecule has 0 radical (unpaired) electrons. The van der Waals surface area contributed by atoms with Crippen LogP contribution in [-0.2, 0) is 19.1 Å². The lowest BCUT2D eigenvalue weighted by Crippen LogP contribution is -2.45. The summed E-state index contributed by atoms with van der Waals surface area (Å²) in [6.45, 7) is 0.744. The van der Waals surface area contributed by atoms with Crippen LogP contribution in [0.4, 0.5) is 26.2 Å². The second kappa shape index (κ2) is 11.4. The second-order valence-electron chi connectivity index (χ2n) is 8.23. The molecule has 2 N–H and O–H groups in total. The van der Waals surface area contributed by atoms with Gasteiger partial charge in [0.05, 0.1) is 18.4 Å². The van der Waals surface area contributed by atoms with Crippen molar-refractivity contribution < 1.29 is 28.2 Å². The van der Waals surface area contributed by atoms with Crippen molar-refractivity contribution in [1.82, 2.24) is 4.90 Å². The predicted molar refractivity (Wildman–Crippen MR) is 132 cm³/mol. The first kappa shape index (κ1) is 25.4. The Kier molecular flexibility index (Phi) is 8.05. The fourth-order valence-electron chi connectivity index (χ4n) is 4.07. The van der Waals surface area contributed by atoms with Gasteiger partial charge in [-0.05, 0) is 42.5 Å². The van der Waals surface area contributed by atoms with Gasteiger partial charge in [-0.1, -0.05) is 17.5 Å². The van der Waals surface area contributed by atoms with Crippen LogP contribution in [0, 0.1) is 18.2 Å². The van der Waals surface area contributed by atoms with E-state index in [2.05, 4.69) is 16.6 Å². The molecule has 0 saturated carbocycles. The zero-order chi connectivity index (χ0) is 25.7. The maximum atomic E-state index is 14.9. The highest BCUT2D eigenvalue weighted by molar-refractivity contribution is 6.30. The standard InChI is InChI=1S/C25H24ClFN4O5/c1-2-10-36-19-13-22(31(14-19)25(34)28-17-5-3-16(26)4-6-17)24(33)29-21-8-7-18(12-20(21)27)30-9-11-35-15-23(30)32/h1,3-8,12,19,22H,9-11,13-15H2,(H,28,34)(H,29,33)/t19-,22+/m0/s1. The molecule has 4 rings (SSSR count). The molecule has 36 heavy (non-hydrogen) atoms. The zero-order valence-electron chi connectivity index (χ0n) is 19.2. The van der Waals surface area contributed by atoms with Crippen molar-refractivity contribution in [3.05, 3.63) is 53.3 Å². The largest absolute Gasteiger partial charge is 0.370 e. The van der Waals surface area contributed by atoms with Gasteiger partial charge in [0.1, 0.15) is 25.1 Å². The molecule has 2 saturated heterocycles. The number of ether oxygens (including phenoxy) is 2. The Morgan fingerprint density at radius 1 is 1.22 bits per heavy atom. The van der Waals surface area contributed by atoms with E-state index in [4.69, 9.17) is 27.5 Å². The predicted octanol–water partition coefficient (Wildman–Crippen LogP) is 3.11. The first-order valence-corrected chi connectivity index (χ1v) is 11.6. The van der Waals surface area contributed by atoms with Crippen molar-refractivity contribution in [1.29, 1.82) is 0 Å². The summed E-state index contributed by atoms with van der Waals surface area (Å²) in [7, 11) is 0. The third-order valence-corrected chi connectivity index (χ3v) is 6.08. The van der Waals surface area contributed by atoms with Gasteiger partial charge < -0.3 is 29.9 Å². The van der Waals surface area contributed by atoms with E-state index in [0.717, 1.165) is 0 Å². The van der Waals surface area contributed by atoms with Crippen molar-refractivity contribution in [2.75, 3.05) is 48.4 Å². The summed E-state index contributed by atoms with van der Waals surface area (Å²) >= 11 is 5.89. The zero-order valence-corrected chi connectivity index (χ0v) is 20.0. The molecule has 2 aromatic rings. The van der Waals surface area contributed by atoms with E-state index in [0.29, 0.717) is 29.5 Å². The number of terminal acetylenes is 1. The number of rotatable bonds is 6. The molecule has 0 bridgehead atoms. The third kappa shape index (κ3) is 5.94. The van der Waals surface area contributed by atoms with E-state index in [1.165, 1.54) is 21.9 Å². The van der Waals surface area contributed by atoms with E-state index in [1.807, 2.05) is 0 Å². The molecule has 2 aromatic carbocycles. The number of urea groups is 1. The molecule has 2 heterocycles. The van der Waals surface area contributed by atoms with E-state index in [1.54, 1.807) is 30.3 Å². The number of carbonyl (C=O) groups excluding carboxylic acids is 3. The minimum Gasteiger partial charge on any atom is -0.370 e. The molecule has 2 fully saturated rings. The minimum atomic E-state index is -0.931. The Morgan fingerprint density at radius 2 is 2.00 bits per heavy atom. The highest BCUT2D eigenvalue weighted by Gasteiger charge is 2.40. The molecule has 0 unspecified atom stereocenters. The minimum absolute atomic E-state index is 0.0298. The fraction of sp³-hybridized carbons (Fsp3) is 0.320. The highest BCUT2D eigenvalue weighted by Crippen LogP contribution is 2.27. The number of nitrogens with one attached hydrogen (secondary N) is 2. The average Bonchev–Trinajstić information content (AvgIpc) is 3.30. The fourth-order valence-corrected chi connectivity index (χ4v) is 4.19. The Hall–Kier alpha value is -3.65. The number of likely N-dealkylation sites (tertiary alicyclic amines) is 1. The number of nitrogens with zero attached hydrogens (tertiary/aromatic N) is 2. The van der Waals surface area contributed by atoms with Crippen LogP contribution < -0.4 is 15.5 Å². The van der Waals surface area contributed by atoms with Crippen LogP contribution in [0.2, 0.25) is 5.02 Å². The number of hydrogen-bond donors (Lipinski definition) is 2. The van der Waals surface area contributed by atoms with Gasteiger partial charge in [0.2, 0.25) is 5.91 Å². The maximum Gasteiger partial charge on any atom is 0.322 e. The summed E-state index contributed by atoms with van der Waals surface area (Å²) in [5.74, 6) is 0.803. The van der Waals surface area contributed by atoms with Crippen LogP contribution in [0.3, 0.4) is 0 Å². The van der Waals surface area contributed by atoms with Gasteiger partial charge >= 0.3 is 6.03 Å². The Balaban J connectivity index is 1.47. The molecule has 4 amide bonds. The molecule has 2 aliphatic heterocycles. The van der Waals surface area contributed by atoms with Crippen LogP contribution in [0.5, 0.6) is 0 Å². The number of halogens is 2. The Bertz CT molecular complexity index is 1190. The lowest BCUT2D eigenvalue weighted by molar-refractivity contribution is -0.125. The molecular formula is C25H24ClFN4O5. The number of benzene rings is 2. The van der Waals surface area contributed by atoms with Crippen LogP contribution in [0.25, 0.3) is 0 Å². The van der Waals surface area contributed by atoms with Crippen LogP contribution in [-0.4, -0.2) is 67.8 Å². The van der Waals surface area contributed by atoms with Crippen LogP contribution >= 0.6 is 11.6 Å². The first-order chi connectivity index (χ1) is 17.4. The number of amides is 4. The van der Waals surface area contributed by atoms with E-state index in [-0.39, 0.29) is 37.8 Å². The van der Waals surface area contributed by atoms with Crippen LogP contribution in [0.15, 0.2) is 42.5 Å². The lowest BCUT2D eigenvalue weighted by Gasteiger charge is -2.27. The van der Waals surface area contributed by atoms with Crippen molar-refractivity contribution in [3.63, 3.8) is 0 Å². The lowest BCUT2D eigenvalue weighted by atomic mass is 10.1. The van der Waals surface area contributed by atoms with Crippen molar-refractivity contribution in [3.8, 4) is 12.3 Å². The number of hydrogen-bond acceptors (Lipinski definition) is 5. The van der Waals surface area contributed by atoms with Gasteiger partial charge in [-0.15, -0.1) is 6.42 Å². The molecule has 9 nitrogen and oxygen atoms in total.